The van der Waals surface area contributed by atoms with E-state index in [1.165, 1.54) is 6.07 Å². The Labute approximate surface area is 135 Å². The van der Waals surface area contributed by atoms with Gasteiger partial charge in [0.2, 0.25) is 0 Å². The van der Waals surface area contributed by atoms with Crippen LogP contribution in [0.15, 0.2) is 54.9 Å². The second-order valence-corrected chi connectivity index (χ2v) is 5.66. The van der Waals surface area contributed by atoms with Gasteiger partial charge in [0.25, 0.3) is 0 Å². The van der Waals surface area contributed by atoms with Gasteiger partial charge in [0.05, 0.1) is 11.4 Å². The van der Waals surface area contributed by atoms with Gasteiger partial charge in [-0.15, -0.1) is 0 Å². The van der Waals surface area contributed by atoms with Crippen LogP contribution in [-0.4, -0.2) is 14.8 Å². The lowest BCUT2D eigenvalue weighted by Gasteiger charge is -2.07. The highest BCUT2D eigenvalue weighted by atomic mass is 19.1. The first-order valence-corrected chi connectivity index (χ1v) is 7.63. The minimum absolute atomic E-state index is 0.259. The maximum atomic E-state index is 13.7. The largest absolute Gasteiger partial charge is 0.363 e. The van der Waals surface area contributed by atoms with E-state index >= 15 is 0 Å². The molecule has 0 fully saturated rings. The van der Waals surface area contributed by atoms with Crippen molar-refractivity contribution >= 4 is 5.82 Å². The van der Waals surface area contributed by atoms with E-state index < -0.39 is 0 Å². The molecule has 0 aliphatic rings. The Morgan fingerprint density at radius 1 is 1.13 bits per heavy atom. The monoisotopic (exact) mass is 310 g/mol. The molecule has 0 unspecified atom stereocenters. The molecule has 1 N–H and O–H groups in total. The zero-order chi connectivity index (χ0) is 16.2. The Morgan fingerprint density at radius 2 is 1.91 bits per heavy atom. The van der Waals surface area contributed by atoms with Crippen molar-refractivity contribution in [2.45, 2.75) is 26.3 Å². The number of hydrogen-bond acceptors (Lipinski definition) is 3. The zero-order valence-corrected chi connectivity index (χ0v) is 13.2. The summed E-state index contributed by atoms with van der Waals surface area (Å²) in [5.41, 5.74) is 3.04. The molecule has 5 heteroatoms. The van der Waals surface area contributed by atoms with Gasteiger partial charge in [0.15, 0.2) is 11.6 Å². The molecule has 2 aromatic heterocycles. The number of nitrogens with zero attached hydrogens (tertiary/aromatic N) is 3. The molecule has 1 aromatic carbocycles. The van der Waals surface area contributed by atoms with E-state index in [9.17, 15) is 4.39 Å². The molecular formula is C18H19FN4. The molecule has 0 saturated carbocycles. The van der Waals surface area contributed by atoms with Crippen LogP contribution >= 0.6 is 0 Å². The lowest BCUT2D eigenvalue weighted by Crippen LogP contribution is -2.05. The maximum absolute atomic E-state index is 13.7. The smallest absolute Gasteiger partial charge is 0.165 e. The first-order valence-electron chi connectivity index (χ1n) is 7.63. The quantitative estimate of drug-likeness (QED) is 0.770. The van der Waals surface area contributed by atoms with Crippen molar-refractivity contribution in [2.75, 3.05) is 5.32 Å². The average Bonchev–Trinajstić information content (AvgIpc) is 2.99. The normalized spacial score (nSPS) is 11.0. The van der Waals surface area contributed by atoms with Crippen molar-refractivity contribution in [1.29, 1.82) is 0 Å². The van der Waals surface area contributed by atoms with Gasteiger partial charge in [-0.1, -0.05) is 32.0 Å². The first-order chi connectivity index (χ1) is 11.1. The summed E-state index contributed by atoms with van der Waals surface area (Å²) in [6.45, 7) is 4.68. The number of anilines is 1. The van der Waals surface area contributed by atoms with E-state index in [2.05, 4.69) is 29.2 Å². The molecule has 23 heavy (non-hydrogen) atoms. The van der Waals surface area contributed by atoms with Gasteiger partial charge >= 0.3 is 0 Å². The predicted molar refractivity (Wildman–Crippen MR) is 89.2 cm³/mol. The standard InChI is InChI=1S/C18H19FN4/c1-13(2)17-14(11-21-18-16(19)9-6-10-20-18)12-23(22-17)15-7-4-3-5-8-15/h3-10,12-13H,11H2,1-2H3,(H,20,21). The van der Waals surface area contributed by atoms with E-state index in [4.69, 9.17) is 0 Å². The van der Waals surface area contributed by atoms with Gasteiger partial charge in [-0.3, -0.25) is 0 Å². The molecule has 0 spiro atoms. The van der Waals surface area contributed by atoms with Gasteiger partial charge in [-0.25, -0.2) is 14.1 Å². The lowest BCUT2D eigenvalue weighted by atomic mass is 10.1. The number of pyridine rings is 1. The molecule has 0 saturated heterocycles. The van der Waals surface area contributed by atoms with E-state index in [0.717, 1.165) is 16.9 Å². The number of rotatable bonds is 5. The molecule has 0 atom stereocenters. The van der Waals surface area contributed by atoms with Crippen molar-refractivity contribution in [3.8, 4) is 5.69 Å². The third-order valence-electron chi connectivity index (χ3n) is 3.59. The van der Waals surface area contributed by atoms with E-state index in [-0.39, 0.29) is 17.6 Å². The minimum atomic E-state index is -0.353. The fourth-order valence-electron chi connectivity index (χ4n) is 2.45. The molecule has 3 aromatic rings. The second-order valence-electron chi connectivity index (χ2n) is 5.66. The van der Waals surface area contributed by atoms with Crippen LogP contribution in [0.5, 0.6) is 0 Å². The molecule has 0 radical (unpaired) electrons. The first kappa shape index (κ1) is 15.2. The molecule has 2 heterocycles. The third-order valence-corrected chi connectivity index (χ3v) is 3.59. The molecule has 3 rings (SSSR count). The summed E-state index contributed by atoms with van der Waals surface area (Å²) < 4.78 is 15.5. The highest BCUT2D eigenvalue weighted by Crippen LogP contribution is 2.21. The summed E-state index contributed by atoms with van der Waals surface area (Å²) in [5, 5.41) is 7.73. The summed E-state index contributed by atoms with van der Waals surface area (Å²) in [6.07, 6.45) is 3.56. The Hall–Kier alpha value is -2.69. The van der Waals surface area contributed by atoms with Crippen molar-refractivity contribution in [2.24, 2.45) is 0 Å². The summed E-state index contributed by atoms with van der Waals surface area (Å²) in [5.74, 6) is 0.189. The van der Waals surface area contributed by atoms with Crippen LogP contribution in [0.1, 0.15) is 31.0 Å². The maximum Gasteiger partial charge on any atom is 0.165 e. The number of nitrogens with one attached hydrogen (secondary N) is 1. The summed E-state index contributed by atoms with van der Waals surface area (Å²) in [6, 6.07) is 12.9. The Kier molecular flexibility index (Phi) is 4.37. The molecule has 0 amide bonds. The fraction of sp³-hybridized carbons (Fsp3) is 0.222. The van der Waals surface area contributed by atoms with Crippen molar-refractivity contribution in [1.82, 2.24) is 14.8 Å². The van der Waals surface area contributed by atoms with Crippen LogP contribution in [0.3, 0.4) is 0 Å². The fourth-order valence-corrected chi connectivity index (χ4v) is 2.45. The van der Waals surface area contributed by atoms with Gasteiger partial charge in [0, 0.05) is 24.5 Å². The number of halogens is 1. The summed E-state index contributed by atoms with van der Waals surface area (Å²) in [7, 11) is 0. The molecule has 4 nitrogen and oxygen atoms in total. The Balaban J connectivity index is 1.86. The highest BCUT2D eigenvalue weighted by molar-refractivity contribution is 5.39. The van der Waals surface area contributed by atoms with Crippen LogP contribution in [-0.2, 0) is 6.54 Å². The van der Waals surface area contributed by atoms with Gasteiger partial charge < -0.3 is 5.32 Å². The van der Waals surface area contributed by atoms with Gasteiger partial charge in [-0.2, -0.15) is 5.10 Å². The van der Waals surface area contributed by atoms with Crippen molar-refractivity contribution in [3.05, 3.63) is 71.9 Å². The average molecular weight is 310 g/mol. The summed E-state index contributed by atoms with van der Waals surface area (Å²) >= 11 is 0. The topological polar surface area (TPSA) is 42.7 Å². The summed E-state index contributed by atoms with van der Waals surface area (Å²) in [4.78, 5) is 4.02. The Bertz CT molecular complexity index is 781. The minimum Gasteiger partial charge on any atom is -0.363 e. The van der Waals surface area contributed by atoms with Crippen LogP contribution in [0.2, 0.25) is 0 Å². The molecule has 0 aliphatic heterocycles. The SMILES string of the molecule is CC(C)c1nn(-c2ccccc2)cc1CNc1ncccc1F. The highest BCUT2D eigenvalue weighted by Gasteiger charge is 2.14. The zero-order valence-electron chi connectivity index (χ0n) is 13.2. The molecule has 0 bridgehead atoms. The molecular weight excluding hydrogens is 291 g/mol. The van der Waals surface area contributed by atoms with Gasteiger partial charge in [-0.05, 0) is 30.2 Å². The van der Waals surface area contributed by atoms with E-state index in [1.807, 2.05) is 41.2 Å². The van der Waals surface area contributed by atoms with Gasteiger partial charge in [0.1, 0.15) is 0 Å². The van der Waals surface area contributed by atoms with Crippen LogP contribution < -0.4 is 5.32 Å². The predicted octanol–water partition coefficient (Wildman–Crippen LogP) is 4.14. The number of hydrogen-bond donors (Lipinski definition) is 1. The van der Waals surface area contributed by atoms with E-state index in [1.54, 1.807) is 12.3 Å². The van der Waals surface area contributed by atoms with Crippen molar-refractivity contribution in [3.63, 3.8) is 0 Å². The van der Waals surface area contributed by atoms with Crippen LogP contribution in [0, 0.1) is 5.82 Å². The van der Waals surface area contributed by atoms with Crippen molar-refractivity contribution < 1.29 is 4.39 Å². The number of para-hydroxylation sites is 1. The Morgan fingerprint density at radius 3 is 2.61 bits per heavy atom. The number of aromatic nitrogens is 3. The van der Waals surface area contributed by atoms with Crippen LogP contribution in [0.25, 0.3) is 5.69 Å². The van der Waals surface area contributed by atoms with Crippen LogP contribution in [0.4, 0.5) is 10.2 Å². The van der Waals surface area contributed by atoms with E-state index in [0.29, 0.717) is 6.54 Å². The molecule has 118 valence electrons. The third kappa shape index (κ3) is 3.39. The lowest BCUT2D eigenvalue weighted by molar-refractivity contribution is 0.624. The number of benzene rings is 1. The molecule has 0 aliphatic carbocycles. The second kappa shape index (κ2) is 6.60.